The summed E-state index contributed by atoms with van der Waals surface area (Å²) in [7, 11) is 0. The quantitative estimate of drug-likeness (QED) is 0.494. The number of halogens is 6. The Bertz CT molecular complexity index is 1010. The molecule has 0 aliphatic heterocycles. The summed E-state index contributed by atoms with van der Waals surface area (Å²) in [5.41, 5.74) is -2.34. The number of rotatable bonds is 5. The van der Waals surface area contributed by atoms with Gasteiger partial charge in [-0.1, -0.05) is 18.2 Å². The molecule has 0 spiro atoms. The molecule has 0 bridgehead atoms. The standard InChI is InChI=1S/C19H14F6N2O2/c20-18(21,22)11-6-12(19(23,24)25)8-13(7-11)27-16(17(28)29)5-10-9-26-15-4-2-1-3-14(10)15/h1-4,6-9,16,26-27H,5H2,(H,28,29)/t16-/m0/s1. The van der Waals surface area contributed by atoms with Crippen LogP contribution in [0.4, 0.5) is 32.0 Å². The topological polar surface area (TPSA) is 65.1 Å². The minimum absolute atomic E-state index is 0.0133. The van der Waals surface area contributed by atoms with E-state index in [9.17, 15) is 36.2 Å². The van der Waals surface area contributed by atoms with Gasteiger partial charge in [-0.05, 0) is 29.8 Å². The molecule has 1 atom stereocenters. The monoisotopic (exact) mass is 416 g/mol. The molecular weight excluding hydrogens is 402 g/mol. The number of aromatic amines is 1. The summed E-state index contributed by atoms with van der Waals surface area (Å²) >= 11 is 0. The van der Waals surface area contributed by atoms with E-state index in [0.717, 1.165) is 5.52 Å². The molecule has 0 radical (unpaired) electrons. The molecule has 3 N–H and O–H groups in total. The molecule has 10 heteroatoms. The second kappa shape index (κ2) is 7.34. The normalized spacial score (nSPS) is 13.4. The van der Waals surface area contributed by atoms with Crippen LogP contribution in [0.3, 0.4) is 0 Å². The summed E-state index contributed by atoms with van der Waals surface area (Å²) < 4.78 is 78.0. The second-order valence-electron chi connectivity index (χ2n) is 6.39. The molecular formula is C19H14F6N2O2. The first-order valence-corrected chi connectivity index (χ1v) is 8.29. The summed E-state index contributed by atoms with van der Waals surface area (Å²) in [5, 5.41) is 12.4. The Morgan fingerprint density at radius 3 is 2.14 bits per heavy atom. The van der Waals surface area contributed by atoms with E-state index in [0.29, 0.717) is 23.1 Å². The molecule has 4 nitrogen and oxygen atoms in total. The Kier molecular flexibility index (Phi) is 5.20. The van der Waals surface area contributed by atoms with Crippen molar-refractivity contribution in [2.75, 3.05) is 5.32 Å². The van der Waals surface area contributed by atoms with Gasteiger partial charge in [0.15, 0.2) is 0 Å². The first-order valence-electron chi connectivity index (χ1n) is 8.29. The molecule has 0 fully saturated rings. The number of benzene rings is 2. The average molecular weight is 416 g/mol. The van der Waals surface area contributed by atoms with Crippen LogP contribution in [-0.2, 0) is 23.6 Å². The summed E-state index contributed by atoms with van der Waals surface area (Å²) in [5.74, 6) is -1.42. The fraction of sp³-hybridized carbons (Fsp3) is 0.211. The van der Waals surface area contributed by atoms with Gasteiger partial charge in [-0.25, -0.2) is 4.79 Å². The van der Waals surface area contributed by atoms with Gasteiger partial charge in [-0.2, -0.15) is 26.3 Å². The van der Waals surface area contributed by atoms with Crippen LogP contribution in [0.5, 0.6) is 0 Å². The summed E-state index contributed by atoms with van der Waals surface area (Å²) in [4.78, 5) is 14.5. The highest BCUT2D eigenvalue weighted by molar-refractivity contribution is 5.85. The minimum atomic E-state index is -5.02. The molecule has 0 aliphatic rings. The lowest BCUT2D eigenvalue weighted by Gasteiger charge is -2.19. The number of aromatic nitrogens is 1. The zero-order valence-electron chi connectivity index (χ0n) is 14.5. The van der Waals surface area contributed by atoms with E-state index in [4.69, 9.17) is 0 Å². The number of anilines is 1. The van der Waals surface area contributed by atoms with Gasteiger partial charge in [-0.15, -0.1) is 0 Å². The number of fused-ring (bicyclic) bond motifs is 1. The van der Waals surface area contributed by atoms with Crippen LogP contribution in [0.1, 0.15) is 16.7 Å². The average Bonchev–Trinajstić information content (AvgIpc) is 3.02. The van der Waals surface area contributed by atoms with Crippen molar-refractivity contribution < 1.29 is 36.2 Å². The number of hydrogen-bond donors (Lipinski definition) is 3. The predicted octanol–water partition coefficient (Wildman–Crippen LogP) is 5.31. The maximum absolute atomic E-state index is 13.0. The van der Waals surface area contributed by atoms with E-state index >= 15 is 0 Å². The summed E-state index contributed by atoms with van der Waals surface area (Å²) in [6.07, 6.45) is -8.65. The molecule has 1 aromatic heterocycles. The Hall–Kier alpha value is -3.17. The van der Waals surface area contributed by atoms with Gasteiger partial charge in [0.2, 0.25) is 0 Å². The number of carboxylic acid groups (broad SMARTS) is 1. The van der Waals surface area contributed by atoms with Crippen molar-refractivity contribution in [3.05, 3.63) is 65.4 Å². The largest absolute Gasteiger partial charge is 0.480 e. The molecule has 154 valence electrons. The first kappa shape index (κ1) is 20.6. The molecule has 3 rings (SSSR count). The molecule has 0 saturated heterocycles. The van der Waals surface area contributed by atoms with Crippen LogP contribution in [0.15, 0.2) is 48.7 Å². The van der Waals surface area contributed by atoms with E-state index in [2.05, 4.69) is 10.3 Å². The van der Waals surface area contributed by atoms with E-state index < -0.39 is 41.2 Å². The van der Waals surface area contributed by atoms with Gasteiger partial charge in [-0.3, -0.25) is 0 Å². The molecule has 0 aliphatic carbocycles. The lowest BCUT2D eigenvalue weighted by molar-refractivity contribution is -0.143. The summed E-state index contributed by atoms with van der Waals surface area (Å²) in [6.45, 7) is 0. The molecule has 0 amide bonds. The Morgan fingerprint density at radius 1 is 1.00 bits per heavy atom. The van der Waals surface area contributed by atoms with Crippen molar-refractivity contribution in [1.82, 2.24) is 4.98 Å². The highest BCUT2D eigenvalue weighted by Crippen LogP contribution is 2.37. The maximum Gasteiger partial charge on any atom is 0.416 e. The van der Waals surface area contributed by atoms with Crippen LogP contribution in [0.25, 0.3) is 10.9 Å². The van der Waals surface area contributed by atoms with Crippen molar-refractivity contribution in [2.24, 2.45) is 0 Å². The molecule has 29 heavy (non-hydrogen) atoms. The van der Waals surface area contributed by atoms with Crippen molar-refractivity contribution in [3.8, 4) is 0 Å². The first-order chi connectivity index (χ1) is 13.4. The van der Waals surface area contributed by atoms with Crippen LogP contribution in [-0.4, -0.2) is 22.1 Å². The van der Waals surface area contributed by atoms with Crippen molar-refractivity contribution in [2.45, 2.75) is 24.8 Å². The molecule has 0 unspecified atom stereocenters. The minimum Gasteiger partial charge on any atom is -0.480 e. The molecule has 0 saturated carbocycles. The summed E-state index contributed by atoms with van der Waals surface area (Å²) in [6, 6.07) is 6.43. The lowest BCUT2D eigenvalue weighted by Crippen LogP contribution is -2.31. The van der Waals surface area contributed by atoms with Crippen LogP contribution in [0, 0.1) is 0 Å². The van der Waals surface area contributed by atoms with Gasteiger partial charge in [0.05, 0.1) is 11.1 Å². The van der Waals surface area contributed by atoms with Crippen molar-refractivity contribution in [1.29, 1.82) is 0 Å². The Labute approximate surface area is 160 Å². The third-order valence-electron chi connectivity index (χ3n) is 4.33. The number of carboxylic acids is 1. The number of nitrogens with one attached hydrogen (secondary N) is 2. The zero-order chi connectivity index (χ0) is 21.4. The van der Waals surface area contributed by atoms with E-state index in [-0.39, 0.29) is 12.5 Å². The van der Waals surface area contributed by atoms with Gasteiger partial charge in [0, 0.05) is 29.2 Å². The number of aliphatic carboxylic acids is 1. The third-order valence-corrected chi connectivity index (χ3v) is 4.33. The Morgan fingerprint density at radius 2 is 1.59 bits per heavy atom. The van der Waals surface area contributed by atoms with Crippen molar-refractivity contribution >= 4 is 22.6 Å². The maximum atomic E-state index is 13.0. The van der Waals surface area contributed by atoms with Crippen LogP contribution >= 0.6 is 0 Å². The van der Waals surface area contributed by atoms with Gasteiger partial charge < -0.3 is 15.4 Å². The zero-order valence-corrected chi connectivity index (χ0v) is 14.5. The number of para-hydroxylation sites is 1. The van der Waals surface area contributed by atoms with Crippen LogP contribution in [0.2, 0.25) is 0 Å². The number of hydrogen-bond acceptors (Lipinski definition) is 2. The van der Waals surface area contributed by atoms with Gasteiger partial charge in [0.25, 0.3) is 0 Å². The smallest absolute Gasteiger partial charge is 0.416 e. The van der Waals surface area contributed by atoms with E-state index in [1.807, 2.05) is 0 Å². The lowest BCUT2D eigenvalue weighted by atomic mass is 10.0. The fourth-order valence-corrected chi connectivity index (χ4v) is 2.96. The predicted molar refractivity (Wildman–Crippen MR) is 93.5 cm³/mol. The van der Waals surface area contributed by atoms with E-state index in [1.54, 1.807) is 30.5 Å². The number of alkyl halides is 6. The van der Waals surface area contributed by atoms with Crippen molar-refractivity contribution in [3.63, 3.8) is 0 Å². The fourth-order valence-electron chi connectivity index (χ4n) is 2.96. The van der Waals surface area contributed by atoms with Gasteiger partial charge in [0.1, 0.15) is 6.04 Å². The van der Waals surface area contributed by atoms with Crippen LogP contribution < -0.4 is 5.32 Å². The van der Waals surface area contributed by atoms with Gasteiger partial charge >= 0.3 is 18.3 Å². The third kappa shape index (κ3) is 4.64. The molecule has 3 aromatic rings. The molecule has 2 aromatic carbocycles. The van der Waals surface area contributed by atoms with E-state index in [1.165, 1.54) is 0 Å². The second-order valence-corrected chi connectivity index (χ2v) is 6.39. The highest BCUT2D eigenvalue weighted by atomic mass is 19.4. The SMILES string of the molecule is O=C(O)[C@H](Cc1c[nH]c2ccccc12)Nc1cc(C(F)(F)F)cc(C(F)(F)F)c1. The number of H-pyrrole nitrogens is 1. The highest BCUT2D eigenvalue weighted by Gasteiger charge is 2.37. The Balaban J connectivity index is 1.95. The number of carbonyl (C=O) groups is 1. The molecule has 1 heterocycles.